The molecular formula is C17H28FN3. The van der Waals surface area contributed by atoms with Gasteiger partial charge in [0.05, 0.1) is 0 Å². The first-order valence-electron chi connectivity index (χ1n) is 8.04. The number of rotatable bonds is 7. The quantitative estimate of drug-likeness (QED) is 0.794. The van der Waals surface area contributed by atoms with E-state index in [1.54, 1.807) is 12.3 Å². The number of nitrogens with one attached hydrogen (secondary N) is 2. The van der Waals surface area contributed by atoms with Crippen LogP contribution in [0, 0.1) is 11.7 Å². The minimum absolute atomic E-state index is 0.0266. The van der Waals surface area contributed by atoms with Crippen LogP contribution in [0.1, 0.15) is 58.9 Å². The Morgan fingerprint density at radius 2 is 2.10 bits per heavy atom. The summed E-state index contributed by atoms with van der Waals surface area (Å²) < 4.78 is 14.5. The fraction of sp³-hybridized carbons (Fsp3) is 0.706. The highest BCUT2D eigenvalue weighted by Crippen LogP contribution is 2.34. The summed E-state index contributed by atoms with van der Waals surface area (Å²) in [7, 11) is 0. The second kappa shape index (κ2) is 6.73. The SMILES string of the molecule is CCC(CC1CC1)Nc1nccc(CNC(C)(C)C)c1F. The molecule has 1 saturated carbocycles. The topological polar surface area (TPSA) is 37.0 Å². The summed E-state index contributed by atoms with van der Waals surface area (Å²) in [6, 6.07) is 2.08. The Bertz CT molecular complexity index is 464. The third-order valence-electron chi connectivity index (χ3n) is 3.93. The molecule has 1 fully saturated rings. The summed E-state index contributed by atoms with van der Waals surface area (Å²) in [6.07, 6.45) is 6.46. The minimum Gasteiger partial charge on any atom is -0.365 e. The molecule has 1 aromatic rings. The molecule has 2 rings (SSSR count). The Hall–Kier alpha value is -1.16. The molecule has 1 heterocycles. The van der Waals surface area contributed by atoms with Crippen molar-refractivity contribution in [1.82, 2.24) is 10.3 Å². The van der Waals surface area contributed by atoms with E-state index in [9.17, 15) is 4.39 Å². The molecule has 2 N–H and O–H groups in total. The molecular weight excluding hydrogens is 265 g/mol. The first kappa shape index (κ1) is 16.2. The zero-order chi connectivity index (χ0) is 15.5. The molecule has 21 heavy (non-hydrogen) atoms. The normalized spacial score (nSPS) is 16.8. The van der Waals surface area contributed by atoms with Gasteiger partial charge < -0.3 is 10.6 Å². The van der Waals surface area contributed by atoms with Gasteiger partial charge in [-0.15, -0.1) is 0 Å². The molecule has 1 aliphatic rings. The maximum atomic E-state index is 14.5. The van der Waals surface area contributed by atoms with Crippen molar-refractivity contribution >= 4 is 5.82 Å². The Morgan fingerprint density at radius 1 is 1.38 bits per heavy atom. The van der Waals surface area contributed by atoms with E-state index in [4.69, 9.17) is 0 Å². The molecule has 0 aliphatic heterocycles. The average Bonchev–Trinajstić information content (AvgIpc) is 3.21. The second-order valence-electron chi connectivity index (χ2n) is 7.16. The third kappa shape index (κ3) is 5.27. The first-order valence-corrected chi connectivity index (χ1v) is 8.04. The first-order chi connectivity index (χ1) is 9.89. The van der Waals surface area contributed by atoms with Gasteiger partial charge in [-0.3, -0.25) is 0 Å². The fourth-order valence-electron chi connectivity index (χ4n) is 2.36. The van der Waals surface area contributed by atoms with Crippen molar-refractivity contribution in [2.24, 2.45) is 5.92 Å². The molecule has 1 aromatic heterocycles. The van der Waals surface area contributed by atoms with Crippen LogP contribution < -0.4 is 10.6 Å². The predicted molar refractivity (Wildman–Crippen MR) is 85.8 cm³/mol. The Balaban J connectivity index is 2.01. The molecule has 0 spiro atoms. The average molecular weight is 293 g/mol. The smallest absolute Gasteiger partial charge is 0.169 e. The van der Waals surface area contributed by atoms with Crippen LogP contribution in [0.25, 0.3) is 0 Å². The lowest BCUT2D eigenvalue weighted by Crippen LogP contribution is -2.35. The van der Waals surface area contributed by atoms with E-state index in [2.05, 4.69) is 43.3 Å². The van der Waals surface area contributed by atoms with Gasteiger partial charge in [0, 0.05) is 29.9 Å². The number of anilines is 1. The number of pyridine rings is 1. The summed E-state index contributed by atoms with van der Waals surface area (Å²) in [5, 5.41) is 6.61. The van der Waals surface area contributed by atoms with Gasteiger partial charge in [-0.05, 0) is 45.6 Å². The summed E-state index contributed by atoms with van der Waals surface area (Å²) in [4.78, 5) is 4.18. The lowest BCUT2D eigenvalue weighted by molar-refractivity contribution is 0.418. The van der Waals surface area contributed by atoms with Crippen molar-refractivity contribution in [3.63, 3.8) is 0 Å². The van der Waals surface area contributed by atoms with Crippen molar-refractivity contribution in [1.29, 1.82) is 0 Å². The largest absolute Gasteiger partial charge is 0.365 e. The summed E-state index contributed by atoms with van der Waals surface area (Å²) >= 11 is 0. The Kier molecular flexibility index (Phi) is 5.20. The van der Waals surface area contributed by atoms with Crippen LogP contribution in [0.2, 0.25) is 0 Å². The molecule has 0 saturated heterocycles. The fourth-order valence-corrected chi connectivity index (χ4v) is 2.36. The number of halogens is 1. The highest BCUT2D eigenvalue weighted by molar-refractivity contribution is 5.41. The van der Waals surface area contributed by atoms with Gasteiger partial charge in [0.2, 0.25) is 0 Å². The molecule has 1 unspecified atom stereocenters. The third-order valence-corrected chi connectivity index (χ3v) is 3.93. The van der Waals surface area contributed by atoms with Crippen LogP contribution in [0.15, 0.2) is 12.3 Å². The summed E-state index contributed by atoms with van der Waals surface area (Å²) in [5.74, 6) is 1.01. The highest BCUT2D eigenvalue weighted by atomic mass is 19.1. The molecule has 1 aliphatic carbocycles. The molecule has 0 radical (unpaired) electrons. The van der Waals surface area contributed by atoms with Gasteiger partial charge in [0.25, 0.3) is 0 Å². The van der Waals surface area contributed by atoms with Crippen LogP contribution in [0.5, 0.6) is 0 Å². The van der Waals surface area contributed by atoms with Crippen molar-refractivity contribution in [2.45, 2.75) is 71.5 Å². The standard InChI is InChI=1S/C17H28FN3/c1-5-14(10-12-6-7-12)21-16-15(18)13(8-9-19-16)11-20-17(2,3)4/h8-9,12,14,20H,5-7,10-11H2,1-4H3,(H,19,21). The molecule has 118 valence electrons. The Labute approximate surface area is 127 Å². The van der Waals surface area contributed by atoms with Crippen LogP contribution in [-0.4, -0.2) is 16.6 Å². The summed E-state index contributed by atoms with van der Waals surface area (Å²) in [5.41, 5.74) is 0.644. The van der Waals surface area contributed by atoms with E-state index in [0.29, 0.717) is 24.0 Å². The number of nitrogens with zero attached hydrogens (tertiary/aromatic N) is 1. The highest BCUT2D eigenvalue weighted by Gasteiger charge is 2.25. The van der Waals surface area contributed by atoms with Crippen molar-refractivity contribution in [2.75, 3.05) is 5.32 Å². The molecule has 1 atom stereocenters. The van der Waals surface area contributed by atoms with Crippen molar-refractivity contribution in [3.8, 4) is 0 Å². The number of aromatic nitrogens is 1. The van der Waals surface area contributed by atoms with Gasteiger partial charge in [-0.2, -0.15) is 0 Å². The summed E-state index contributed by atoms with van der Waals surface area (Å²) in [6.45, 7) is 8.89. The van der Waals surface area contributed by atoms with Crippen LogP contribution in [-0.2, 0) is 6.54 Å². The minimum atomic E-state index is -0.219. The second-order valence-corrected chi connectivity index (χ2v) is 7.16. The van der Waals surface area contributed by atoms with Gasteiger partial charge in [-0.25, -0.2) is 9.37 Å². The van der Waals surface area contributed by atoms with Gasteiger partial charge in [0.15, 0.2) is 11.6 Å². The van der Waals surface area contributed by atoms with Gasteiger partial charge in [-0.1, -0.05) is 19.8 Å². The van der Waals surface area contributed by atoms with Crippen LogP contribution in [0.3, 0.4) is 0 Å². The predicted octanol–water partition coefficient (Wildman–Crippen LogP) is 4.10. The molecule has 0 amide bonds. The van der Waals surface area contributed by atoms with Crippen LogP contribution >= 0.6 is 0 Å². The van der Waals surface area contributed by atoms with Crippen LogP contribution in [0.4, 0.5) is 10.2 Å². The van der Waals surface area contributed by atoms with Gasteiger partial charge in [0.1, 0.15) is 0 Å². The van der Waals surface area contributed by atoms with Crippen molar-refractivity contribution < 1.29 is 4.39 Å². The van der Waals surface area contributed by atoms with E-state index in [-0.39, 0.29) is 11.4 Å². The maximum absolute atomic E-state index is 14.5. The maximum Gasteiger partial charge on any atom is 0.169 e. The number of hydrogen-bond acceptors (Lipinski definition) is 3. The van der Waals surface area contributed by atoms with E-state index in [0.717, 1.165) is 18.8 Å². The number of hydrogen-bond donors (Lipinski definition) is 2. The van der Waals surface area contributed by atoms with E-state index < -0.39 is 0 Å². The van der Waals surface area contributed by atoms with E-state index in [1.165, 1.54) is 12.8 Å². The van der Waals surface area contributed by atoms with E-state index >= 15 is 0 Å². The molecule has 4 heteroatoms. The monoisotopic (exact) mass is 293 g/mol. The van der Waals surface area contributed by atoms with E-state index in [1.807, 2.05) is 0 Å². The molecule has 0 aromatic carbocycles. The molecule has 0 bridgehead atoms. The lowest BCUT2D eigenvalue weighted by atomic mass is 10.1. The lowest BCUT2D eigenvalue weighted by Gasteiger charge is -2.22. The zero-order valence-corrected chi connectivity index (χ0v) is 13.7. The Morgan fingerprint density at radius 3 is 2.67 bits per heavy atom. The van der Waals surface area contributed by atoms with Crippen molar-refractivity contribution in [3.05, 3.63) is 23.6 Å². The zero-order valence-electron chi connectivity index (χ0n) is 13.7. The molecule has 3 nitrogen and oxygen atoms in total. The van der Waals surface area contributed by atoms with Gasteiger partial charge >= 0.3 is 0 Å².